The Kier molecular flexibility index (Phi) is 7.10. The van der Waals surface area contributed by atoms with Crippen LogP contribution in [0.2, 0.25) is 0 Å². The van der Waals surface area contributed by atoms with Crippen LogP contribution in [0.3, 0.4) is 0 Å². The van der Waals surface area contributed by atoms with Gasteiger partial charge in [-0.25, -0.2) is 0 Å². The first kappa shape index (κ1) is 24.4. The van der Waals surface area contributed by atoms with Crippen molar-refractivity contribution in [2.75, 3.05) is 18.4 Å². The van der Waals surface area contributed by atoms with Crippen LogP contribution in [0.25, 0.3) is 0 Å². The highest BCUT2D eigenvalue weighted by atomic mass is 16.2. The predicted molar refractivity (Wildman–Crippen MR) is 134 cm³/mol. The molecule has 1 unspecified atom stereocenters. The lowest BCUT2D eigenvalue weighted by molar-refractivity contribution is -0.126. The summed E-state index contributed by atoms with van der Waals surface area (Å²) in [4.78, 5) is 26.8. The number of carbonyl (C=O) groups excluding carboxylic acids is 2. The Hall–Kier alpha value is -2.70. The number of carbonyl (C=O) groups is 2. The van der Waals surface area contributed by atoms with Gasteiger partial charge in [-0.2, -0.15) is 0 Å². The fourth-order valence-electron chi connectivity index (χ4n) is 5.10. The van der Waals surface area contributed by atoms with E-state index in [-0.39, 0.29) is 17.7 Å². The fourth-order valence-corrected chi connectivity index (χ4v) is 5.10. The van der Waals surface area contributed by atoms with E-state index in [9.17, 15) is 9.59 Å². The normalized spacial score (nSPS) is 20.9. The average molecular weight is 466 g/mol. The van der Waals surface area contributed by atoms with Gasteiger partial charge in [-0.1, -0.05) is 38.5 Å². The van der Waals surface area contributed by atoms with Gasteiger partial charge in [0.25, 0.3) is 0 Å². The smallest absolute Gasteiger partial charge is 0.230 e. The summed E-state index contributed by atoms with van der Waals surface area (Å²) in [6.07, 6.45) is 6.99. The molecule has 2 aliphatic rings. The number of aryl methyl sites for hydroxylation is 3. The maximum absolute atomic E-state index is 13.5. The van der Waals surface area contributed by atoms with Crippen LogP contribution < -0.4 is 5.32 Å². The summed E-state index contributed by atoms with van der Waals surface area (Å²) in [5.41, 5.74) is 3.32. The molecular formula is C27H39N5O2. The lowest BCUT2D eigenvalue weighted by Gasteiger charge is -2.35. The van der Waals surface area contributed by atoms with Gasteiger partial charge in [-0.3, -0.25) is 9.59 Å². The summed E-state index contributed by atoms with van der Waals surface area (Å²) in [7, 11) is 0. The highest BCUT2D eigenvalue weighted by molar-refractivity contribution is 5.94. The topological polar surface area (TPSA) is 80.1 Å². The van der Waals surface area contributed by atoms with Crippen LogP contribution in [0.15, 0.2) is 18.2 Å². The van der Waals surface area contributed by atoms with Crippen LogP contribution in [0.1, 0.15) is 87.6 Å². The maximum Gasteiger partial charge on any atom is 0.230 e. The Balaban J connectivity index is 1.58. The number of piperidine rings is 1. The van der Waals surface area contributed by atoms with E-state index in [0.717, 1.165) is 73.4 Å². The molecule has 1 aliphatic carbocycles. The second-order valence-electron chi connectivity index (χ2n) is 11.4. The molecule has 1 aromatic carbocycles. The van der Waals surface area contributed by atoms with E-state index in [4.69, 9.17) is 0 Å². The van der Waals surface area contributed by atoms with Crippen molar-refractivity contribution < 1.29 is 9.59 Å². The van der Waals surface area contributed by atoms with Crippen molar-refractivity contribution >= 4 is 18.0 Å². The Bertz CT molecular complexity index is 1030. The standard InChI is InChI=1S/C27H39N5O2/c1-18-8-11-23(19(2)15-18)28-26(34)22-16-31(17-33)14-12-21(22)25-30-29-24(32(25)20-9-10-20)7-6-13-27(3,4)5/h8,11,15,17,20-22H,6-7,9-10,12-14,16H2,1-5H3,(H,28,34)/t21-,22?/m0/s1. The minimum atomic E-state index is -0.358. The fraction of sp³-hybridized carbons (Fsp3) is 0.630. The molecular weight excluding hydrogens is 426 g/mol. The Morgan fingerprint density at radius 3 is 2.59 bits per heavy atom. The highest BCUT2D eigenvalue weighted by Crippen LogP contribution is 2.41. The van der Waals surface area contributed by atoms with E-state index >= 15 is 0 Å². The molecule has 1 aromatic heterocycles. The molecule has 34 heavy (non-hydrogen) atoms. The SMILES string of the molecule is Cc1ccc(NC(=O)C2CN(C=O)CC[C@@H]2c2nnc(CCCC(C)(C)C)n2C2CC2)c(C)c1. The monoisotopic (exact) mass is 465 g/mol. The van der Waals surface area contributed by atoms with E-state index in [2.05, 4.69) is 46.9 Å². The molecule has 1 aliphatic heterocycles. The first-order valence-corrected chi connectivity index (χ1v) is 12.7. The summed E-state index contributed by atoms with van der Waals surface area (Å²) in [6.45, 7) is 11.9. The Labute approximate surface area is 203 Å². The molecule has 0 spiro atoms. The molecule has 1 N–H and O–H groups in total. The molecule has 4 rings (SSSR count). The van der Waals surface area contributed by atoms with Crippen molar-refractivity contribution in [3.8, 4) is 0 Å². The minimum Gasteiger partial charge on any atom is -0.344 e. The first-order chi connectivity index (χ1) is 16.2. The van der Waals surface area contributed by atoms with Gasteiger partial charge in [0.05, 0.1) is 5.92 Å². The third-order valence-electron chi connectivity index (χ3n) is 7.13. The number of aromatic nitrogens is 3. The number of likely N-dealkylation sites (tertiary alicyclic amines) is 1. The van der Waals surface area contributed by atoms with Gasteiger partial charge in [0, 0.05) is 37.2 Å². The van der Waals surface area contributed by atoms with E-state index < -0.39 is 0 Å². The van der Waals surface area contributed by atoms with Crippen LogP contribution in [0.5, 0.6) is 0 Å². The maximum atomic E-state index is 13.5. The molecule has 7 nitrogen and oxygen atoms in total. The van der Waals surface area contributed by atoms with E-state index in [0.29, 0.717) is 24.5 Å². The molecule has 2 fully saturated rings. The number of hydrogen-bond acceptors (Lipinski definition) is 4. The second-order valence-corrected chi connectivity index (χ2v) is 11.4. The third-order valence-corrected chi connectivity index (χ3v) is 7.13. The van der Waals surface area contributed by atoms with Crippen molar-refractivity contribution in [2.24, 2.45) is 11.3 Å². The predicted octanol–water partition coefficient (Wildman–Crippen LogP) is 4.80. The van der Waals surface area contributed by atoms with Crippen molar-refractivity contribution in [3.63, 3.8) is 0 Å². The zero-order valence-electron chi connectivity index (χ0n) is 21.3. The van der Waals surface area contributed by atoms with Crippen molar-refractivity contribution in [2.45, 2.75) is 85.1 Å². The van der Waals surface area contributed by atoms with Gasteiger partial charge in [-0.05, 0) is 63.0 Å². The highest BCUT2D eigenvalue weighted by Gasteiger charge is 2.40. The molecule has 2 heterocycles. The zero-order valence-corrected chi connectivity index (χ0v) is 21.3. The van der Waals surface area contributed by atoms with Crippen molar-refractivity contribution in [1.29, 1.82) is 0 Å². The zero-order chi connectivity index (χ0) is 24.5. The molecule has 184 valence electrons. The van der Waals surface area contributed by atoms with Gasteiger partial charge < -0.3 is 14.8 Å². The molecule has 0 bridgehead atoms. The molecule has 2 atom stereocenters. The molecule has 1 saturated heterocycles. The summed E-state index contributed by atoms with van der Waals surface area (Å²) < 4.78 is 2.33. The number of nitrogens with one attached hydrogen (secondary N) is 1. The van der Waals surface area contributed by atoms with Crippen molar-refractivity contribution in [1.82, 2.24) is 19.7 Å². The van der Waals surface area contributed by atoms with Crippen molar-refractivity contribution in [3.05, 3.63) is 41.0 Å². The quantitative estimate of drug-likeness (QED) is 0.568. The lowest BCUT2D eigenvalue weighted by Crippen LogP contribution is -2.45. The molecule has 1 saturated carbocycles. The Morgan fingerprint density at radius 2 is 1.94 bits per heavy atom. The Morgan fingerprint density at radius 1 is 1.18 bits per heavy atom. The van der Waals surface area contributed by atoms with Gasteiger partial charge in [0.1, 0.15) is 11.6 Å². The summed E-state index contributed by atoms with van der Waals surface area (Å²) in [6, 6.07) is 6.48. The number of benzene rings is 1. The molecule has 7 heteroatoms. The molecule has 0 radical (unpaired) electrons. The van der Waals surface area contributed by atoms with Crippen LogP contribution in [-0.2, 0) is 16.0 Å². The number of rotatable bonds is 8. The lowest BCUT2D eigenvalue weighted by atomic mass is 9.84. The number of nitrogens with zero attached hydrogens (tertiary/aromatic N) is 4. The summed E-state index contributed by atoms with van der Waals surface area (Å²) >= 11 is 0. The van der Waals surface area contributed by atoms with Gasteiger partial charge >= 0.3 is 0 Å². The van der Waals surface area contributed by atoms with Crippen LogP contribution >= 0.6 is 0 Å². The average Bonchev–Trinajstić information content (AvgIpc) is 3.54. The third kappa shape index (κ3) is 5.68. The van der Waals surface area contributed by atoms with Gasteiger partial charge in [-0.15, -0.1) is 10.2 Å². The van der Waals surface area contributed by atoms with Gasteiger partial charge in [0.15, 0.2) is 0 Å². The number of anilines is 1. The summed E-state index contributed by atoms with van der Waals surface area (Å²) in [5, 5.41) is 12.4. The number of hydrogen-bond donors (Lipinski definition) is 1. The van der Waals surface area contributed by atoms with Crippen LogP contribution in [-0.4, -0.2) is 45.1 Å². The van der Waals surface area contributed by atoms with Gasteiger partial charge in [0.2, 0.25) is 12.3 Å². The molecule has 2 amide bonds. The van der Waals surface area contributed by atoms with E-state index in [1.54, 1.807) is 4.90 Å². The largest absolute Gasteiger partial charge is 0.344 e. The summed E-state index contributed by atoms with van der Waals surface area (Å²) in [5.74, 6) is 1.52. The first-order valence-electron chi connectivity index (χ1n) is 12.7. The minimum absolute atomic E-state index is 0.0496. The number of amides is 2. The van der Waals surface area contributed by atoms with E-state index in [1.807, 2.05) is 26.0 Å². The van der Waals surface area contributed by atoms with Crippen LogP contribution in [0.4, 0.5) is 5.69 Å². The second kappa shape index (κ2) is 9.88. The van der Waals surface area contributed by atoms with E-state index in [1.165, 1.54) is 0 Å². The van der Waals surface area contributed by atoms with Crippen LogP contribution in [0, 0.1) is 25.2 Å². The molecule has 2 aromatic rings.